The molecular weight excluding hydrogens is 198 g/mol. The Morgan fingerprint density at radius 2 is 1.88 bits per heavy atom. The molecule has 0 amide bonds. The van der Waals surface area contributed by atoms with E-state index in [2.05, 4.69) is 32.0 Å². The molecule has 0 atom stereocenters. The zero-order valence-corrected chi connectivity index (χ0v) is 10.4. The van der Waals surface area contributed by atoms with Crippen molar-refractivity contribution in [1.82, 2.24) is 0 Å². The number of quaternary nitrogens is 1. The predicted molar refractivity (Wildman–Crippen MR) is 66.2 cm³/mol. The number of ether oxygens (including phenoxy) is 1. The van der Waals surface area contributed by atoms with Gasteiger partial charge in [0.2, 0.25) is 0 Å². The molecule has 0 radical (unpaired) electrons. The van der Waals surface area contributed by atoms with Crippen molar-refractivity contribution in [1.29, 1.82) is 0 Å². The molecule has 0 bridgehead atoms. The highest BCUT2D eigenvalue weighted by Crippen LogP contribution is 2.15. The van der Waals surface area contributed by atoms with Gasteiger partial charge in [-0.2, -0.15) is 0 Å². The number of aryl methyl sites for hydroxylation is 2. The Kier molecular flexibility index (Phi) is 3.83. The largest absolute Gasteiger partial charge is 0.488 e. The molecule has 1 fully saturated rings. The summed E-state index contributed by atoms with van der Waals surface area (Å²) < 4.78 is 5.78. The summed E-state index contributed by atoms with van der Waals surface area (Å²) in [5.74, 6) is 1.02. The van der Waals surface area contributed by atoms with Gasteiger partial charge in [-0.25, -0.2) is 0 Å². The molecular formula is C14H22NO+. The van der Waals surface area contributed by atoms with Crippen LogP contribution >= 0.6 is 0 Å². The molecule has 1 aromatic carbocycles. The Bertz CT molecular complexity index is 343. The maximum atomic E-state index is 5.78. The molecule has 0 unspecified atom stereocenters. The van der Waals surface area contributed by atoms with Crippen LogP contribution in [0.4, 0.5) is 0 Å². The first kappa shape index (κ1) is 11.5. The lowest BCUT2D eigenvalue weighted by Crippen LogP contribution is -3.10. The minimum Gasteiger partial charge on any atom is -0.488 e. The SMILES string of the molecule is Cc1ccc(OCC[NH+]2CCCC2)cc1C. The molecule has 1 aliphatic heterocycles. The van der Waals surface area contributed by atoms with Gasteiger partial charge in [0, 0.05) is 12.8 Å². The molecule has 0 aliphatic carbocycles. The highest BCUT2D eigenvalue weighted by molar-refractivity contribution is 5.33. The van der Waals surface area contributed by atoms with Crippen LogP contribution in [0.3, 0.4) is 0 Å². The van der Waals surface area contributed by atoms with Crippen LogP contribution in [0.2, 0.25) is 0 Å². The Balaban J connectivity index is 1.78. The quantitative estimate of drug-likeness (QED) is 0.809. The maximum absolute atomic E-state index is 5.78. The van der Waals surface area contributed by atoms with Crippen molar-refractivity contribution >= 4 is 0 Å². The summed E-state index contributed by atoms with van der Waals surface area (Å²) in [6.45, 7) is 8.92. The zero-order chi connectivity index (χ0) is 11.4. The lowest BCUT2D eigenvalue weighted by molar-refractivity contribution is -0.887. The Morgan fingerprint density at radius 3 is 2.56 bits per heavy atom. The Labute approximate surface area is 98.2 Å². The number of rotatable bonds is 4. The predicted octanol–water partition coefficient (Wildman–Crippen LogP) is 1.36. The van der Waals surface area contributed by atoms with E-state index < -0.39 is 0 Å². The summed E-state index contributed by atoms with van der Waals surface area (Å²) in [6.07, 6.45) is 2.78. The molecule has 0 spiro atoms. The molecule has 1 heterocycles. The van der Waals surface area contributed by atoms with Crippen LogP contribution < -0.4 is 9.64 Å². The van der Waals surface area contributed by atoms with E-state index in [0.29, 0.717) is 0 Å². The van der Waals surface area contributed by atoms with Crippen molar-refractivity contribution in [2.75, 3.05) is 26.2 Å². The van der Waals surface area contributed by atoms with E-state index in [-0.39, 0.29) is 0 Å². The van der Waals surface area contributed by atoms with Crippen LogP contribution in [0.5, 0.6) is 5.75 Å². The number of hydrogen-bond acceptors (Lipinski definition) is 1. The average molecular weight is 220 g/mol. The molecule has 1 N–H and O–H groups in total. The molecule has 1 aliphatic rings. The molecule has 0 aromatic heterocycles. The smallest absolute Gasteiger partial charge is 0.137 e. The number of likely N-dealkylation sites (tertiary alicyclic amines) is 1. The lowest BCUT2D eigenvalue weighted by atomic mass is 10.1. The molecule has 16 heavy (non-hydrogen) atoms. The van der Waals surface area contributed by atoms with Crippen LogP contribution in [0.1, 0.15) is 24.0 Å². The fourth-order valence-corrected chi connectivity index (χ4v) is 2.24. The van der Waals surface area contributed by atoms with Gasteiger partial charge in [-0.15, -0.1) is 0 Å². The van der Waals surface area contributed by atoms with Gasteiger partial charge in [-0.3, -0.25) is 0 Å². The van der Waals surface area contributed by atoms with Crippen molar-refractivity contribution in [3.8, 4) is 5.75 Å². The van der Waals surface area contributed by atoms with Crippen molar-refractivity contribution < 1.29 is 9.64 Å². The first-order valence-corrected chi connectivity index (χ1v) is 6.29. The van der Waals surface area contributed by atoms with Gasteiger partial charge in [0.1, 0.15) is 18.9 Å². The second-order valence-electron chi connectivity index (χ2n) is 4.80. The Morgan fingerprint density at radius 1 is 1.12 bits per heavy atom. The number of hydrogen-bond donors (Lipinski definition) is 1. The summed E-state index contributed by atoms with van der Waals surface area (Å²) >= 11 is 0. The van der Waals surface area contributed by atoms with Crippen molar-refractivity contribution in [2.24, 2.45) is 0 Å². The normalized spacial score (nSPS) is 16.6. The highest BCUT2D eigenvalue weighted by Gasteiger charge is 2.14. The van der Waals surface area contributed by atoms with E-state index in [1.54, 1.807) is 4.90 Å². The first-order valence-electron chi connectivity index (χ1n) is 6.29. The average Bonchev–Trinajstić information content (AvgIpc) is 2.76. The van der Waals surface area contributed by atoms with Crippen LogP contribution in [-0.2, 0) is 0 Å². The minimum atomic E-state index is 0.845. The van der Waals surface area contributed by atoms with E-state index in [9.17, 15) is 0 Å². The van der Waals surface area contributed by atoms with Gasteiger partial charge in [-0.05, 0) is 37.1 Å². The summed E-state index contributed by atoms with van der Waals surface area (Å²) in [7, 11) is 0. The third kappa shape index (κ3) is 2.99. The monoisotopic (exact) mass is 220 g/mol. The summed E-state index contributed by atoms with van der Waals surface area (Å²) in [6, 6.07) is 6.34. The van der Waals surface area contributed by atoms with E-state index >= 15 is 0 Å². The molecule has 2 heteroatoms. The minimum absolute atomic E-state index is 0.845. The standard InChI is InChI=1S/C14H21NO/c1-12-5-6-14(11-13(12)2)16-10-9-15-7-3-4-8-15/h5-6,11H,3-4,7-10H2,1-2H3/p+1. The van der Waals surface area contributed by atoms with E-state index in [4.69, 9.17) is 4.74 Å². The highest BCUT2D eigenvalue weighted by atomic mass is 16.5. The number of nitrogens with one attached hydrogen (secondary N) is 1. The second-order valence-corrected chi connectivity index (χ2v) is 4.80. The zero-order valence-electron chi connectivity index (χ0n) is 10.4. The van der Waals surface area contributed by atoms with Crippen LogP contribution in [-0.4, -0.2) is 26.2 Å². The summed E-state index contributed by atoms with van der Waals surface area (Å²) in [4.78, 5) is 1.70. The lowest BCUT2D eigenvalue weighted by Gasteiger charge is -2.13. The molecule has 0 saturated carbocycles. The summed E-state index contributed by atoms with van der Waals surface area (Å²) in [5.41, 5.74) is 2.64. The van der Waals surface area contributed by atoms with Gasteiger partial charge in [0.05, 0.1) is 13.1 Å². The van der Waals surface area contributed by atoms with Gasteiger partial charge in [-0.1, -0.05) is 6.07 Å². The first-order chi connectivity index (χ1) is 7.75. The Hall–Kier alpha value is -1.02. The molecule has 2 rings (SSSR count). The maximum Gasteiger partial charge on any atom is 0.137 e. The van der Waals surface area contributed by atoms with Crippen molar-refractivity contribution in [3.63, 3.8) is 0 Å². The molecule has 2 nitrogen and oxygen atoms in total. The van der Waals surface area contributed by atoms with Gasteiger partial charge < -0.3 is 9.64 Å². The topological polar surface area (TPSA) is 13.7 Å². The fraction of sp³-hybridized carbons (Fsp3) is 0.571. The molecule has 1 aromatic rings. The van der Waals surface area contributed by atoms with E-state index in [1.807, 2.05) is 0 Å². The molecule has 88 valence electrons. The van der Waals surface area contributed by atoms with Crippen LogP contribution in [0.15, 0.2) is 18.2 Å². The van der Waals surface area contributed by atoms with Gasteiger partial charge in [0.25, 0.3) is 0 Å². The third-order valence-corrected chi connectivity index (χ3v) is 3.51. The number of benzene rings is 1. The van der Waals surface area contributed by atoms with E-state index in [1.165, 1.54) is 37.1 Å². The van der Waals surface area contributed by atoms with Crippen molar-refractivity contribution in [3.05, 3.63) is 29.3 Å². The van der Waals surface area contributed by atoms with Gasteiger partial charge in [0.15, 0.2) is 0 Å². The third-order valence-electron chi connectivity index (χ3n) is 3.51. The van der Waals surface area contributed by atoms with Gasteiger partial charge >= 0.3 is 0 Å². The summed E-state index contributed by atoms with van der Waals surface area (Å²) in [5, 5.41) is 0. The fourth-order valence-electron chi connectivity index (χ4n) is 2.24. The van der Waals surface area contributed by atoms with Crippen LogP contribution in [0.25, 0.3) is 0 Å². The molecule has 1 saturated heterocycles. The van der Waals surface area contributed by atoms with E-state index in [0.717, 1.165) is 18.9 Å². The van der Waals surface area contributed by atoms with Crippen molar-refractivity contribution in [2.45, 2.75) is 26.7 Å². The second kappa shape index (κ2) is 5.35. The van der Waals surface area contributed by atoms with Crippen LogP contribution in [0, 0.1) is 13.8 Å².